The summed E-state index contributed by atoms with van der Waals surface area (Å²) >= 11 is 0. The maximum atomic E-state index is 13.2. The van der Waals surface area contributed by atoms with Gasteiger partial charge in [-0.2, -0.15) is 4.99 Å². The van der Waals surface area contributed by atoms with E-state index in [0.717, 1.165) is 23.4 Å². The van der Waals surface area contributed by atoms with Crippen molar-refractivity contribution in [2.24, 2.45) is 4.99 Å². The standard InChI is InChI=1S/C31H28N2O2/c1-2-3-9-23-14-18-26(19-15-23)33-22-25-10-7-8-13-29(25)30(33)32-31(34)24-16-20-28(21-17-24)35-27-11-5-4-6-12-27/h4-8,10-21H,2-3,9,22H2,1H3. The Bertz CT molecular complexity index is 1330. The normalized spacial score (nSPS) is 13.6. The minimum absolute atomic E-state index is 0.271. The maximum absolute atomic E-state index is 13.2. The van der Waals surface area contributed by atoms with Crippen molar-refractivity contribution in [3.8, 4) is 11.5 Å². The van der Waals surface area contributed by atoms with Crippen LogP contribution in [-0.4, -0.2) is 11.7 Å². The molecule has 0 radical (unpaired) electrons. The van der Waals surface area contributed by atoms with Crippen LogP contribution >= 0.6 is 0 Å². The third-order valence-electron chi connectivity index (χ3n) is 6.20. The Hall–Kier alpha value is -4.18. The number of aryl methyl sites for hydroxylation is 1. The smallest absolute Gasteiger partial charge is 0.278 e. The van der Waals surface area contributed by atoms with Gasteiger partial charge in [0.1, 0.15) is 17.3 Å². The fourth-order valence-corrected chi connectivity index (χ4v) is 4.28. The number of unbranched alkanes of at least 4 members (excludes halogenated alkanes) is 1. The predicted molar refractivity (Wildman–Crippen MR) is 142 cm³/mol. The molecule has 0 aromatic heterocycles. The summed E-state index contributed by atoms with van der Waals surface area (Å²) in [5.74, 6) is 1.85. The molecule has 1 amide bonds. The van der Waals surface area contributed by atoms with E-state index in [1.165, 1.54) is 24.0 Å². The van der Waals surface area contributed by atoms with Crippen LogP contribution in [0.15, 0.2) is 108 Å². The van der Waals surface area contributed by atoms with Crippen LogP contribution in [0.4, 0.5) is 5.69 Å². The number of anilines is 1. The van der Waals surface area contributed by atoms with Gasteiger partial charge >= 0.3 is 0 Å². The van der Waals surface area contributed by atoms with Crippen molar-refractivity contribution in [2.75, 3.05) is 4.90 Å². The van der Waals surface area contributed by atoms with E-state index in [-0.39, 0.29) is 5.91 Å². The number of nitrogens with zero attached hydrogens (tertiary/aromatic N) is 2. The first-order valence-corrected chi connectivity index (χ1v) is 12.1. The topological polar surface area (TPSA) is 41.9 Å². The second-order valence-electron chi connectivity index (χ2n) is 8.69. The van der Waals surface area contributed by atoms with Gasteiger partial charge in [-0.3, -0.25) is 4.79 Å². The minimum atomic E-state index is -0.271. The van der Waals surface area contributed by atoms with Crippen molar-refractivity contribution in [3.63, 3.8) is 0 Å². The van der Waals surface area contributed by atoms with Crippen LogP contribution in [-0.2, 0) is 13.0 Å². The summed E-state index contributed by atoms with van der Waals surface area (Å²) in [7, 11) is 0. The third-order valence-corrected chi connectivity index (χ3v) is 6.20. The van der Waals surface area contributed by atoms with E-state index in [1.807, 2.05) is 48.5 Å². The summed E-state index contributed by atoms with van der Waals surface area (Å²) in [6.45, 7) is 2.90. The van der Waals surface area contributed by atoms with Gasteiger partial charge in [0, 0.05) is 16.8 Å². The van der Waals surface area contributed by atoms with Gasteiger partial charge in [-0.05, 0) is 72.5 Å². The van der Waals surface area contributed by atoms with Crippen molar-refractivity contribution in [2.45, 2.75) is 32.7 Å². The van der Waals surface area contributed by atoms with Crippen LogP contribution in [0.25, 0.3) is 0 Å². The first kappa shape index (κ1) is 22.6. The van der Waals surface area contributed by atoms with Gasteiger partial charge in [0.05, 0.1) is 6.54 Å². The molecule has 4 heteroatoms. The van der Waals surface area contributed by atoms with Crippen LogP contribution in [0.5, 0.6) is 11.5 Å². The predicted octanol–water partition coefficient (Wildman–Crippen LogP) is 7.43. The molecule has 0 bridgehead atoms. The highest BCUT2D eigenvalue weighted by atomic mass is 16.5. The number of fused-ring (bicyclic) bond motifs is 1. The summed E-state index contributed by atoms with van der Waals surface area (Å²) < 4.78 is 5.85. The zero-order valence-electron chi connectivity index (χ0n) is 19.9. The fraction of sp³-hybridized carbons (Fsp3) is 0.161. The number of para-hydroxylation sites is 1. The Morgan fingerprint density at radius 3 is 2.26 bits per heavy atom. The summed E-state index contributed by atoms with van der Waals surface area (Å²) in [5.41, 5.74) is 5.07. The second kappa shape index (κ2) is 10.4. The molecular weight excluding hydrogens is 432 g/mol. The lowest BCUT2D eigenvalue weighted by molar-refractivity contribution is 0.100. The Kier molecular flexibility index (Phi) is 6.71. The molecule has 0 fully saturated rings. The molecule has 4 aromatic carbocycles. The van der Waals surface area contributed by atoms with E-state index in [1.54, 1.807) is 24.3 Å². The Balaban J connectivity index is 1.39. The van der Waals surface area contributed by atoms with Crippen molar-refractivity contribution < 1.29 is 9.53 Å². The zero-order chi connectivity index (χ0) is 24.0. The quantitative estimate of drug-likeness (QED) is 0.288. The molecule has 35 heavy (non-hydrogen) atoms. The number of hydrogen-bond donors (Lipinski definition) is 0. The van der Waals surface area contributed by atoms with Crippen molar-refractivity contribution in [1.29, 1.82) is 0 Å². The monoisotopic (exact) mass is 460 g/mol. The maximum Gasteiger partial charge on any atom is 0.278 e. The Morgan fingerprint density at radius 1 is 0.829 bits per heavy atom. The van der Waals surface area contributed by atoms with Gasteiger partial charge in [0.15, 0.2) is 0 Å². The number of rotatable bonds is 7. The molecule has 0 atom stereocenters. The number of ether oxygens (including phenoxy) is 1. The van der Waals surface area contributed by atoms with Crippen LogP contribution in [0.3, 0.4) is 0 Å². The highest BCUT2D eigenvalue weighted by molar-refractivity contribution is 6.18. The fourth-order valence-electron chi connectivity index (χ4n) is 4.28. The van der Waals surface area contributed by atoms with Crippen molar-refractivity contribution in [3.05, 3.63) is 125 Å². The van der Waals surface area contributed by atoms with Crippen LogP contribution in [0, 0.1) is 0 Å². The molecule has 1 heterocycles. The molecule has 0 N–H and O–H groups in total. The van der Waals surface area contributed by atoms with Gasteiger partial charge in [0.2, 0.25) is 0 Å². The van der Waals surface area contributed by atoms with Gasteiger partial charge < -0.3 is 9.64 Å². The van der Waals surface area contributed by atoms with Gasteiger partial charge in [-0.15, -0.1) is 0 Å². The Morgan fingerprint density at radius 2 is 1.51 bits per heavy atom. The number of carbonyl (C=O) groups is 1. The summed E-state index contributed by atoms with van der Waals surface area (Å²) in [5, 5.41) is 0. The third kappa shape index (κ3) is 5.17. The first-order chi connectivity index (χ1) is 17.2. The molecule has 1 aliphatic rings. The minimum Gasteiger partial charge on any atom is -0.457 e. The summed E-state index contributed by atoms with van der Waals surface area (Å²) in [6.07, 6.45) is 3.45. The lowest BCUT2D eigenvalue weighted by Gasteiger charge is -2.19. The molecule has 0 saturated heterocycles. The molecule has 0 saturated carbocycles. The van der Waals surface area contributed by atoms with E-state index >= 15 is 0 Å². The molecule has 0 spiro atoms. The highest BCUT2D eigenvalue weighted by Crippen LogP contribution is 2.30. The number of benzene rings is 4. The van der Waals surface area contributed by atoms with E-state index in [2.05, 4.69) is 47.1 Å². The zero-order valence-corrected chi connectivity index (χ0v) is 19.9. The lowest BCUT2D eigenvalue weighted by atomic mass is 10.1. The van der Waals surface area contributed by atoms with Crippen molar-refractivity contribution >= 4 is 17.4 Å². The molecule has 0 unspecified atom stereocenters. The average Bonchev–Trinajstić information content (AvgIpc) is 3.27. The Labute approximate surface area is 206 Å². The number of aliphatic imine (C=N–C) groups is 1. The van der Waals surface area contributed by atoms with E-state index in [4.69, 9.17) is 4.74 Å². The lowest BCUT2D eigenvalue weighted by Crippen LogP contribution is -2.25. The molecule has 5 rings (SSSR count). The SMILES string of the molecule is CCCCc1ccc(N2Cc3ccccc3C2=NC(=O)c2ccc(Oc3ccccc3)cc2)cc1. The van der Waals surface area contributed by atoms with Crippen LogP contribution in [0.2, 0.25) is 0 Å². The van der Waals surface area contributed by atoms with Crippen molar-refractivity contribution in [1.82, 2.24) is 0 Å². The number of amides is 1. The second-order valence-corrected chi connectivity index (χ2v) is 8.69. The summed E-state index contributed by atoms with van der Waals surface area (Å²) in [6, 6.07) is 33.5. The highest BCUT2D eigenvalue weighted by Gasteiger charge is 2.27. The molecule has 4 aromatic rings. The molecular formula is C31H28N2O2. The average molecular weight is 461 g/mol. The van der Waals surface area contributed by atoms with E-state index in [0.29, 0.717) is 23.7 Å². The van der Waals surface area contributed by atoms with Crippen LogP contribution < -0.4 is 9.64 Å². The van der Waals surface area contributed by atoms with Crippen LogP contribution in [0.1, 0.15) is 46.8 Å². The largest absolute Gasteiger partial charge is 0.457 e. The summed E-state index contributed by atoms with van der Waals surface area (Å²) in [4.78, 5) is 19.9. The van der Waals surface area contributed by atoms with Gasteiger partial charge in [0.25, 0.3) is 5.91 Å². The molecule has 174 valence electrons. The van der Waals surface area contributed by atoms with E-state index < -0.39 is 0 Å². The number of amidine groups is 1. The first-order valence-electron chi connectivity index (χ1n) is 12.1. The molecule has 4 nitrogen and oxygen atoms in total. The molecule has 1 aliphatic heterocycles. The van der Waals surface area contributed by atoms with Gasteiger partial charge in [-0.1, -0.05) is 67.9 Å². The molecule has 0 aliphatic carbocycles. The van der Waals surface area contributed by atoms with Gasteiger partial charge in [-0.25, -0.2) is 0 Å². The number of carbonyl (C=O) groups excluding carboxylic acids is 1. The van der Waals surface area contributed by atoms with E-state index in [9.17, 15) is 4.79 Å². The number of hydrogen-bond acceptors (Lipinski definition) is 2.